The van der Waals surface area contributed by atoms with E-state index in [1.165, 1.54) is 15.3 Å². The van der Waals surface area contributed by atoms with Gasteiger partial charge in [0.05, 0.1) is 4.91 Å². The number of nitrogens with one attached hydrogen (secondary N) is 1. The second-order valence-corrected chi connectivity index (χ2v) is 7.03. The first-order chi connectivity index (χ1) is 9.61. The highest BCUT2D eigenvalue weighted by atomic mass is 127. The molecule has 3 rings (SSSR count). The number of thioether (sulfide) groups is 1. The van der Waals surface area contributed by atoms with Crippen molar-refractivity contribution < 1.29 is 9.21 Å². The molecule has 6 heteroatoms. The smallest absolute Gasteiger partial charge is 0.263 e. The van der Waals surface area contributed by atoms with Crippen molar-refractivity contribution in [3.05, 3.63) is 50.6 Å². The molecule has 0 atom stereocenters. The lowest BCUT2D eigenvalue weighted by atomic mass is 10.2. The molecule has 1 aromatic heterocycles. The first-order valence-corrected chi connectivity index (χ1v) is 8.03. The maximum Gasteiger partial charge on any atom is 0.263 e. The van der Waals surface area contributed by atoms with E-state index in [2.05, 4.69) is 27.9 Å². The summed E-state index contributed by atoms with van der Waals surface area (Å²) in [5, 5.41) is 2.58. The van der Waals surface area contributed by atoms with Crippen LogP contribution in [0.4, 0.5) is 0 Å². The molecule has 3 nitrogen and oxygen atoms in total. The van der Waals surface area contributed by atoms with Crippen LogP contribution in [0, 0.1) is 3.57 Å². The highest BCUT2D eigenvalue weighted by molar-refractivity contribution is 14.1. The minimum absolute atomic E-state index is 0.174. The zero-order valence-electron chi connectivity index (χ0n) is 10.1. The standard InChI is InChI=1S/C14H8INO2S2/c15-9-3-1-8(2-4-9)11-6-5-10(18-11)7-12-13(17)16-14(19)20-12/h1-7H,(H,16,17,19). The van der Waals surface area contributed by atoms with E-state index >= 15 is 0 Å². The fourth-order valence-electron chi connectivity index (χ4n) is 1.75. The van der Waals surface area contributed by atoms with Crippen LogP contribution < -0.4 is 5.32 Å². The molecule has 1 N–H and O–H groups in total. The molecular weight excluding hydrogens is 405 g/mol. The summed E-state index contributed by atoms with van der Waals surface area (Å²) >= 11 is 8.45. The molecule has 1 aliphatic rings. The summed E-state index contributed by atoms with van der Waals surface area (Å²) in [6.45, 7) is 0. The van der Waals surface area contributed by atoms with Crippen LogP contribution in [0.25, 0.3) is 17.4 Å². The minimum atomic E-state index is -0.174. The Balaban J connectivity index is 1.87. The summed E-state index contributed by atoms with van der Waals surface area (Å²) < 4.78 is 7.39. The average molecular weight is 413 g/mol. The van der Waals surface area contributed by atoms with Gasteiger partial charge in [0.1, 0.15) is 15.8 Å². The number of carbonyl (C=O) groups is 1. The zero-order valence-corrected chi connectivity index (χ0v) is 13.8. The molecular formula is C14H8INO2S2. The van der Waals surface area contributed by atoms with E-state index in [1.807, 2.05) is 36.4 Å². The Morgan fingerprint density at radius 1 is 1.20 bits per heavy atom. The van der Waals surface area contributed by atoms with E-state index in [9.17, 15) is 4.79 Å². The second kappa shape index (κ2) is 5.71. The summed E-state index contributed by atoms with van der Waals surface area (Å²) in [5.74, 6) is 1.24. The van der Waals surface area contributed by atoms with Crippen LogP contribution in [0.2, 0.25) is 0 Å². The molecule has 0 aliphatic carbocycles. The topological polar surface area (TPSA) is 42.2 Å². The van der Waals surface area contributed by atoms with Crippen LogP contribution in [0.15, 0.2) is 45.7 Å². The number of amides is 1. The van der Waals surface area contributed by atoms with Gasteiger partial charge in [0.15, 0.2) is 0 Å². The van der Waals surface area contributed by atoms with Gasteiger partial charge in [-0.15, -0.1) is 0 Å². The quantitative estimate of drug-likeness (QED) is 0.459. The normalized spacial score (nSPS) is 16.8. The molecule has 1 aromatic carbocycles. The predicted octanol–water partition coefficient (Wildman–Crippen LogP) is 4.04. The van der Waals surface area contributed by atoms with Crippen molar-refractivity contribution in [3.63, 3.8) is 0 Å². The monoisotopic (exact) mass is 413 g/mol. The van der Waals surface area contributed by atoms with E-state index in [1.54, 1.807) is 6.08 Å². The number of hydrogen-bond acceptors (Lipinski definition) is 4. The lowest BCUT2D eigenvalue weighted by Gasteiger charge is -1.96. The summed E-state index contributed by atoms with van der Waals surface area (Å²) in [6, 6.07) is 11.8. The highest BCUT2D eigenvalue weighted by Crippen LogP contribution is 2.28. The number of rotatable bonds is 2. The Hall–Kier alpha value is -1.12. The van der Waals surface area contributed by atoms with Gasteiger partial charge in [-0.1, -0.05) is 36.1 Å². The summed E-state index contributed by atoms with van der Waals surface area (Å²) in [7, 11) is 0. The number of hydrogen-bond donors (Lipinski definition) is 1. The van der Waals surface area contributed by atoms with E-state index in [4.69, 9.17) is 16.6 Å². The maximum atomic E-state index is 11.6. The minimum Gasteiger partial charge on any atom is -0.457 e. The van der Waals surface area contributed by atoms with Crippen molar-refractivity contribution in [2.45, 2.75) is 0 Å². The zero-order chi connectivity index (χ0) is 14.1. The van der Waals surface area contributed by atoms with Crippen LogP contribution in [0.1, 0.15) is 5.76 Å². The van der Waals surface area contributed by atoms with Crippen LogP contribution in [0.3, 0.4) is 0 Å². The molecule has 0 spiro atoms. The van der Waals surface area contributed by atoms with Crippen molar-refractivity contribution in [2.24, 2.45) is 0 Å². The molecule has 0 saturated carbocycles. The van der Waals surface area contributed by atoms with Crippen LogP contribution in [-0.2, 0) is 4.79 Å². The van der Waals surface area contributed by atoms with Crippen molar-refractivity contribution >= 4 is 62.9 Å². The van der Waals surface area contributed by atoms with E-state index in [0.717, 1.165) is 11.3 Å². The van der Waals surface area contributed by atoms with Gasteiger partial charge in [-0.05, 0) is 46.9 Å². The SMILES string of the molecule is O=C1NC(=S)SC1=Cc1ccc(-c2ccc(I)cc2)o1. The van der Waals surface area contributed by atoms with Gasteiger partial charge in [-0.3, -0.25) is 4.79 Å². The van der Waals surface area contributed by atoms with Gasteiger partial charge in [0.25, 0.3) is 5.91 Å². The van der Waals surface area contributed by atoms with Gasteiger partial charge in [0, 0.05) is 15.2 Å². The van der Waals surface area contributed by atoms with E-state index in [-0.39, 0.29) is 5.91 Å². The van der Waals surface area contributed by atoms with Gasteiger partial charge in [0.2, 0.25) is 0 Å². The summed E-state index contributed by atoms with van der Waals surface area (Å²) in [5.41, 5.74) is 1.01. The van der Waals surface area contributed by atoms with Crippen molar-refractivity contribution in [1.82, 2.24) is 5.32 Å². The van der Waals surface area contributed by atoms with Crippen molar-refractivity contribution in [1.29, 1.82) is 0 Å². The molecule has 0 unspecified atom stereocenters. The first kappa shape index (κ1) is 13.8. The number of thiocarbonyl (C=S) groups is 1. The third-order valence-electron chi connectivity index (χ3n) is 2.67. The summed E-state index contributed by atoms with van der Waals surface area (Å²) in [4.78, 5) is 12.1. The molecule has 0 radical (unpaired) electrons. The Morgan fingerprint density at radius 2 is 1.95 bits per heavy atom. The number of benzene rings is 1. The van der Waals surface area contributed by atoms with Gasteiger partial charge in [-0.25, -0.2) is 0 Å². The first-order valence-electron chi connectivity index (χ1n) is 5.72. The van der Waals surface area contributed by atoms with Crippen LogP contribution >= 0.6 is 46.6 Å². The Bertz CT molecular complexity index is 719. The van der Waals surface area contributed by atoms with Crippen LogP contribution in [-0.4, -0.2) is 10.2 Å². The fraction of sp³-hybridized carbons (Fsp3) is 0. The highest BCUT2D eigenvalue weighted by Gasteiger charge is 2.22. The van der Waals surface area contributed by atoms with E-state index in [0.29, 0.717) is 15.0 Å². The molecule has 0 bridgehead atoms. The molecule has 1 aliphatic heterocycles. The lowest BCUT2D eigenvalue weighted by Crippen LogP contribution is -2.17. The van der Waals surface area contributed by atoms with Gasteiger partial charge >= 0.3 is 0 Å². The van der Waals surface area contributed by atoms with Gasteiger partial charge < -0.3 is 9.73 Å². The lowest BCUT2D eigenvalue weighted by molar-refractivity contribution is -0.115. The van der Waals surface area contributed by atoms with Gasteiger partial charge in [-0.2, -0.15) is 0 Å². The third-order valence-corrected chi connectivity index (χ3v) is 4.55. The maximum absolute atomic E-state index is 11.6. The Labute approximate surface area is 139 Å². The third kappa shape index (κ3) is 2.97. The molecule has 2 heterocycles. The van der Waals surface area contributed by atoms with Crippen molar-refractivity contribution in [3.8, 4) is 11.3 Å². The molecule has 1 fully saturated rings. The Morgan fingerprint density at radius 3 is 2.60 bits per heavy atom. The molecule has 20 heavy (non-hydrogen) atoms. The molecule has 1 amide bonds. The Kier molecular flexibility index (Phi) is 3.95. The molecule has 100 valence electrons. The average Bonchev–Trinajstić information content (AvgIpc) is 2.98. The number of carbonyl (C=O) groups excluding carboxylic acids is 1. The van der Waals surface area contributed by atoms with Crippen molar-refractivity contribution in [2.75, 3.05) is 0 Å². The van der Waals surface area contributed by atoms with Crippen LogP contribution in [0.5, 0.6) is 0 Å². The fourth-order valence-corrected chi connectivity index (χ4v) is 3.13. The van der Waals surface area contributed by atoms with E-state index < -0.39 is 0 Å². The molecule has 2 aromatic rings. The summed E-state index contributed by atoms with van der Waals surface area (Å²) in [6.07, 6.45) is 1.70. The predicted molar refractivity (Wildman–Crippen MR) is 93.2 cm³/mol. The molecule has 1 saturated heterocycles. The number of furan rings is 1. The second-order valence-electron chi connectivity index (χ2n) is 4.06. The number of halogens is 1. The largest absolute Gasteiger partial charge is 0.457 e.